The summed E-state index contributed by atoms with van der Waals surface area (Å²) >= 11 is 0. The lowest BCUT2D eigenvalue weighted by molar-refractivity contribution is 0.116. The molecule has 0 spiro atoms. The molecule has 1 N–H and O–H groups in total. The van der Waals surface area contributed by atoms with E-state index in [1.165, 1.54) is 13.2 Å². The molecule has 2 rings (SSSR count). The van der Waals surface area contributed by atoms with E-state index in [0.717, 1.165) is 0 Å². The number of ether oxygens (including phenoxy) is 2. The average molecular weight is 264 g/mol. The molecule has 2 aromatic rings. The van der Waals surface area contributed by atoms with Crippen LogP contribution in [0.1, 0.15) is 12.7 Å². The number of methoxy groups -OCH3 is 2. The van der Waals surface area contributed by atoms with Gasteiger partial charge in [-0.05, 0) is 25.1 Å². The van der Waals surface area contributed by atoms with E-state index >= 15 is 0 Å². The van der Waals surface area contributed by atoms with Gasteiger partial charge in [0.25, 0.3) is 5.89 Å². The Morgan fingerprint density at radius 1 is 1.37 bits per heavy atom. The van der Waals surface area contributed by atoms with Crippen LogP contribution >= 0.6 is 0 Å². The topological polar surface area (TPSA) is 77.6 Å². The van der Waals surface area contributed by atoms with Crippen LogP contribution in [0.3, 0.4) is 0 Å². The van der Waals surface area contributed by atoms with Gasteiger partial charge in [0.1, 0.15) is 0 Å². The number of nitrogens with zero attached hydrogens (tertiary/aromatic N) is 2. The molecular formula is C13H16N2O4. The first-order valence-corrected chi connectivity index (χ1v) is 5.86. The molecule has 0 fully saturated rings. The summed E-state index contributed by atoms with van der Waals surface area (Å²) in [6, 6.07) is 4.86. The molecular weight excluding hydrogens is 248 g/mol. The summed E-state index contributed by atoms with van der Waals surface area (Å²) in [5, 5.41) is 13.4. The highest BCUT2D eigenvalue weighted by Gasteiger charge is 2.13. The minimum atomic E-state index is 0.0276. The number of benzene rings is 1. The fourth-order valence-electron chi connectivity index (χ4n) is 1.61. The second kappa shape index (κ2) is 5.71. The van der Waals surface area contributed by atoms with Crippen LogP contribution in [0, 0.1) is 0 Å². The van der Waals surface area contributed by atoms with Crippen molar-refractivity contribution in [3.8, 4) is 23.0 Å². The zero-order valence-electron chi connectivity index (χ0n) is 11.1. The maximum Gasteiger partial charge on any atom is 0.258 e. The van der Waals surface area contributed by atoms with E-state index in [9.17, 15) is 5.11 Å². The molecule has 1 atom stereocenters. The largest absolute Gasteiger partial charge is 0.504 e. The highest BCUT2D eigenvalue weighted by Crippen LogP contribution is 2.30. The van der Waals surface area contributed by atoms with E-state index in [0.29, 0.717) is 29.4 Å². The van der Waals surface area contributed by atoms with E-state index in [4.69, 9.17) is 14.0 Å². The Balaban J connectivity index is 2.22. The second-order valence-electron chi connectivity index (χ2n) is 4.15. The van der Waals surface area contributed by atoms with Gasteiger partial charge in [0.05, 0.1) is 13.2 Å². The molecule has 1 unspecified atom stereocenters. The minimum absolute atomic E-state index is 0.0276. The Kier molecular flexibility index (Phi) is 4.01. The lowest BCUT2D eigenvalue weighted by Gasteiger charge is -2.04. The lowest BCUT2D eigenvalue weighted by Crippen LogP contribution is -2.09. The number of aromatic hydroxyl groups is 1. The fraction of sp³-hybridized carbons (Fsp3) is 0.385. The first-order chi connectivity index (χ1) is 9.13. The van der Waals surface area contributed by atoms with Crippen molar-refractivity contribution in [1.82, 2.24) is 10.1 Å². The average Bonchev–Trinajstić information content (AvgIpc) is 2.87. The van der Waals surface area contributed by atoms with Gasteiger partial charge in [0, 0.05) is 19.1 Å². The van der Waals surface area contributed by atoms with Gasteiger partial charge in [0.15, 0.2) is 17.3 Å². The highest BCUT2D eigenvalue weighted by atomic mass is 16.5. The monoisotopic (exact) mass is 264 g/mol. The molecule has 0 saturated heterocycles. The van der Waals surface area contributed by atoms with Gasteiger partial charge in [-0.3, -0.25) is 0 Å². The van der Waals surface area contributed by atoms with Crippen molar-refractivity contribution in [2.75, 3.05) is 14.2 Å². The number of hydrogen-bond donors (Lipinski definition) is 1. The molecule has 6 nitrogen and oxygen atoms in total. The van der Waals surface area contributed by atoms with Crippen LogP contribution in [-0.4, -0.2) is 35.6 Å². The fourth-order valence-corrected chi connectivity index (χ4v) is 1.61. The van der Waals surface area contributed by atoms with Gasteiger partial charge in [-0.1, -0.05) is 5.16 Å². The Bertz CT molecular complexity index is 553. The van der Waals surface area contributed by atoms with Crippen LogP contribution < -0.4 is 4.74 Å². The molecule has 0 saturated carbocycles. The minimum Gasteiger partial charge on any atom is -0.504 e. The highest BCUT2D eigenvalue weighted by molar-refractivity contribution is 5.59. The summed E-state index contributed by atoms with van der Waals surface area (Å²) in [5.41, 5.74) is 0.693. The van der Waals surface area contributed by atoms with Crippen molar-refractivity contribution in [2.24, 2.45) is 0 Å². The number of phenols is 1. The number of phenolic OH excluding ortho intramolecular Hbond substituents is 1. The van der Waals surface area contributed by atoms with E-state index in [2.05, 4.69) is 10.1 Å². The third kappa shape index (κ3) is 3.03. The van der Waals surface area contributed by atoms with E-state index in [-0.39, 0.29) is 11.9 Å². The van der Waals surface area contributed by atoms with Crippen LogP contribution in [-0.2, 0) is 11.2 Å². The first kappa shape index (κ1) is 13.4. The molecule has 0 radical (unpaired) electrons. The van der Waals surface area contributed by atoms with Crippen LogP contribution in [0.25, 0.3) is 11.5 Å². The number of aromatic nitrogens is 2. The van der Waals surface area contributed by atoms with Gasteiger partial charge in [-0.15, -0.1) is 0 Å². The maximum absolute atomic E-state index is 9.53. The first-order valence-electron chi connectivity index (χ1n) is 5.86. The molecule has 1 aromatic heterocycles. The number of rotatable bonds is 5. The summed E-state index contributed by atoms with van der Waals surface area (Å²) < 4.78 is 15.4. The van der Waals surface area contributed by atoms with E-state index < -0.39 is 0 Å². The summed E-state index contributed by atoms with van der Waals surface area (Å²) in [7, 11) is 3.12. The molecule has 0 aliphatic carbocycles. The van der Waals surface area contributed by atoms with Crippen molar-refractivity contribution in [2.45, 2.75) is 19.4 Å². The molecule has 0 bridgehead atoms. The predicted molar refractivity (Wildman–Crippen MR) is 68.1 cm³/mol. The zero-order chi connectivity index (χ0) is 13.8. The van der Waals surface area contributed by atoms with Crippen LogP contribution in [0.15, 0.2) is 22.7 Å². The van der Waals surface area contributed by atoms with Crippen LogP contribution in [0.5, 0.6) is 11.5 Å². The molecule has 0 aliphatic rings. The summed E-state index contributed by atoms with van der Waals surface area (Å²) in [6.07, 6.45) is 0.606. The van der Waals surface area contributed by atoms with E-state index in [1.807, 2.05) is 6.92 Å². The van der Waals surface area contributed by atoms with Gasteiger partial charge in [0.2, 0.25) is 0 Å². The van der Waals surface area contributed by atoms with Crippen molar-refractivity contribution in [1.29, 1.82) is 0 Å². The van der Waals surface area contributed by atoms with Crippen molar-refractivity contribution in [3.63, 3.8) is 0 Å². The molecule has 0 aliphatic heterocycles. The smallest absolute Gasteiger partial charge is 0.258 e. The lowest BCUT2D eigenvalue weighted by atomic mass is 10.2. The summed E-state index contributed by atoms with van der Waals surface area (Å²) in [4.78, 5) is 4.28. The van der Waals surface area contributed by atoms with Crippen molar-refractivity contribution >= 4 is 0 Å². The normalized spacial score (nSPS) is 12.4. The molecule has 19 heavy (non-hydrogen) atoms. The Hall–Kier alpha value is -2.08. The second-order valence-corrected chi connectivity index (χ2v) is 4.15. The van der Waals surface area contributed by atoms with Gasteiger partial charge < -0.3 is 19.1 Å². The Morgan fingerprint density at radius 2 is 2.16 bits per heavy atom. The Labute approximate surface area is 111 Å². The van der Waals surface area contributed by atoms with Gasteiger partial charge in [-0.25, -0.2) is 0 Å². The molecule has 102 valence electrons. The van der Waals surface area contributed by atoms with Gasteiger partial charge in [-0.2, -0.15) is 4.98 Å². The van der Waals surface area contributed by atoms with Gasteiger partial charge >= 0.3 is 0 Å². The standard InChI is InChI=1S/C13H16N2O4/c1-8(17-2)6-12-14-13(19-15-12)9-4-5-10(16)11(7-9)18-3/h4-5,7-8,16H,6H2,1-3H3. The van der Waals surface area contributed by atoms with Crippen LogP contribution in [0.4, 0.5) is 0 Å². The van der Waals surface area contributed by atoms with E-state index in [1.54, 1.807) is 19.2 Å². The van der Waals surface area contributed by atoms with Crippen molar-refractivity contribution in [3.05, 3.63) is 24.0 Å². The summed E-state index contributed by atoms with van der Waals surface area (Å²) in [5.74, 6) is 1.40. The third-order valence-corrected chi connectivity index (χ3v) is 2.77. The summed E-state index contributed by atoms with van der Waals surface area (Å²) in [6.45, 7) is 1.93. The maximum atomic E-state index is 9.53. The third-order valence-electron chi connectivity index (χ3n) is 2.77. The molecule has 0 amide bonds. The Morgan fingerprint density at radius 3 is 2.84 bits per heavy atom. The van der Waals surface area contributed by atoms with Crippen LogP contribution in [0.2, 0.25) is 0 Å². The zero-order valence-corrected chi connectivity index (χ0v) is 11.1. The molecule has 1 aromatic carbocycles. The quantitative estimate of drug-likeness (QED) is 0.890. The predicted octanol–water partition coefficient (Wildman–Crippen LogP) is 2.03. The number of hydrogen-bond acceptors (Lipinski definition) is 6. The van der Waals surface area contributed by atoms with Crippen molar-refractivity contribution < 1.29 is 19.1 Å². The molecule has 1 heterocycles. The molecule has 6 heteroatoms. The SMILES string of the molecule is COc1cc(-c2nc(CC(C)OC)no2)ccc1O.